The first-order valence-electron chi connectivity index (χ1n) is 12.1. The van der Waals surface area contributed by atoms with Crippen LogP contribution in [0.3, 0.4) is 0 Å². The summed E-state index contributed by atoms with van der Waals surface area (Å²) in [4.78, 5) is 40.1. The third-order valence-corrected chi connectivity index (χ3v) is 5.98. The third-order valence-electron chi connectivity index (χ3n) is 5.98. The Hall–Kier alpha value is -3.04. The molecule has 0 aliphatic carbocycles. The molecule has 1 aliphatic rings. The van der Waals surface area contributed by atoms with E-state index >= 15 is 0 Å². The van der Waals surface area contributed by atoms with Crippen molar-refractivity contribution < 1.29 is 18.7 Å². The van der Waals surface area contributed by atoms with Crippen LogP contribution in [0.4, 0.5) is 0 Å². The van der Waals surface area contributed by atoms with Gasteiger partial charge in [0.2, 0.25) is 5.91 Å². The van der Waals surface area contributed by atoms with E-state index in [-0.39, 0.29) is 38.4 Å². The minimum absolute atomic E-state index is 0. The van der Waals surface area contributed by atoms with E-state index in [1.165, 1.54) is 17.4 Å². The summed E-state index contributed by atoms with van der Waals surface area (Å²) in [7, 11) is 0. The van der Waals surface area contributed by atoms with Crippen LogP contribution in [0.25, 0.3) is 11.1 Å². The van der Waals surface area contributed by atoms with Crippen LogP contribution in [0.2, 0.25) is 0 Å². The highest BCUT2D eigenvalue weighted by Crippen LogP contribution is 2.20. The van der Waals surface area contributed by atoms with Gasteiger partial charge in [0.05, 0.1) is 18.0 Å². The maximum atomic E-state index is 13.0. The van der Waals surface area contributed by atoms with Crippen molar-refractivity contribution in [3.63, 3.8) is 0 Å². The Bertz CT molecular complexity index is 1240. The van der Waals surface area contributed by atoms with Crippen molar-refractivity contribution in [3.05, 3.63) is 70.2 Å². The Kier molecular flexibility index (Phi) is 9.03. The second-order valence-corrected chi connectivity index (χ2v) is 10.1. The van der Waals surface area contributed by atoms with Gasteiger partial charge in [0.15, 0.2) is 5.58 Å². The van der Waals surface area contributed by atoms with Crippen LogP contribution >= 0.6 is 13.5 Å². The zero-order valence-corrected chi connectivity index (χ0v) is 22.1. The Labute approximate surface area is 218 Å². The van der Waals surface area contributed by atoms with Crippen LogP contribution in [-0.4, -0.2) is 46.6 Å². The number of likely N-dealkylation sites (tertiary alicyclic amines) is 1. The minimum Gasteiger partial charge on any atom is -0.459 e. The fourth-order valence-electron chi connectivity index (χ4n) is 4.44. The number of fused-ring (bicyclic) bond motifs is 1. The monoisotopic (exact) mass is 513 g/mol. The molecule has 0 saturated carbocycles. The fraction of sp³-hybridized carbons (Fsp3) is 0.444. The van der Waals surface area contributed by atoms with Crippen molar-refractivity contribution in [1.82, 2.24) is 14.8 Å². The van der Waals surface area contributed by atoms with E-state index in [2.05, 4.69) is 10.2 Å². The lowest BCUT2D eigenvalue weighted by Crippen LogP contribution is -2.37. The Morgan fingerprint density at radius 1 is 1.08 bits per heavy atom. The van der Waals surface area contributed by atoms with Gasteiger partial charge in [0, 0.05) is 6.54 Å². The molecule has 4 rings (SSSR count). The van der Waals surface area contributed by atoms with Crippen molar-refractivity contribution in [3.8, 4) is 0 Å². The molecule has 2 aromatic carbocycles. The number of oxazole rings is 1. The fourth-order valence-corrected chi connectivity index (χ4v) is 4.44. The number of nitrogens with one attached hydrogen (secondary N) is 1. The summed E-state index contributed by atoms with van der Waals surface area (Å²) in [5.41, 5.74) is 1.96. The zero-order valence-electron chi connectivity index (χ0n) is 21.1. The number of amides is 1. The molecular weight excluding hydrogens is 478 g/mol. The normalized spacial score (nSPS) is 14.9. The first-order chi connectivity index (χ1) is 16.7. The number of rotatable bonds is 8. The molecule has 3 aromatic rings. The second kappa shape index (κ2) is 11.8. The summed E-state index contributed by atoms with van der Waals surface area (Å²) in [5, 5.41) is 3.19. The maximum absolute atomic E-state index is 13.0. The minimum atomic E-state index is -0.659. The molecule has 8 nitrogen and oxygen atoms in total. The number of aromatic nitrogens is 1. The van der Waals surface area contributed by atoms with Crippen LogP contribution in [-0.2, 0) is 27.3 Å². The molecule has 1 fully saturated rings. The van der Waals surface area contributed by atoms with Crippen molar-refractivity contribution in [2.24, 2.45) is 0 Å². The Morgan fingerprint density at radius 3 is 2.44 bits per heavy atom. The molecule has 2 heterocycles. The molecule has 1 amide bonds. The van der Waals surface area contributed by atoms with E-state index in [4.69, 9.17) is 9.15 Å². The lowest BCUT2D eigenvalue weighted by atomic mass is 10.1. The highest BCUT2D eigenvalue weighted by molar-refractivity contribution is 7.59. The predicted molar refractivity (Wildman–Crippen MR) is 143 cm³/mol. The molecule has 0 unspecified atom stereocenters. The van der Waals surface area contributed by atoms with E-state index < -0.39 is 17.3 Å². The molecule has 1 aliphatic heterocycles. The SMILES string of the molecule is CC(C)(C)OC(=O)Cn1c(=O)oc2ccc(CC(=O)N[C@H](CN3CCCC3)c3ccccc3)cc21.S. The van der Waals surface area contributed by atoms with Gasteiger partial charge in [-0.1, -0.05) is 36.4 Å². The molecule has 36 heavy (non-hydrogen) atoms. The number of carbonyl (C=O) groups is 2. The van der Waals surface area contributed by atoms with Gasteiger partial charge in [-0.25, -0.2) is 4.79 Å². The quantitative estimate of drug-likeness (QED) is 0.463. The smallest absolute Gasteiger partial charge is 0.420 e. The van der Waals surface area contributed by atoms with Crippen LogP contribution < -0.4 is 11.1 Å². The highest BCUT2D eigenvalue weighted by atomic mass is 32.1. The molecule has 0 radical (unpaired) electrons. The molecule has 194 valence electrons. The summed E-state index contributed by atoms with van der Waals surface area (Å²) in [5.74, 6) is -1.28. The molecule has 0 spiro atoms. The van der Waals surface area contributed by atoms with E-state index in [9.17, 15) is 14.4 Å². The number of hydrogen-bond donors (Lipinski definition) is 1. The van der Waals surface area contributed by atoms with E-state index in [0.717, 1.165) is 30.8 Å². The predicted octanol–water partition coefficient (Wildman–Crippen LogP) is 3.54. The largest absolute Gasteiger partial charge is 0.459 e. The van der Waals surface area contributed by atoms with Crippen LogP contribution in [0, 0.1) is 0 Å². The van der Waals surface area contributed by atoms with Crippen molar-refractivity contribution >= 4 is 36.5 Å². The van der Waals surface area contributed by atoms with Crippen LogP contribution in [0.5, 0.6) is 0 Å². The summed E-state index contributed by atoms with van der Waals surface area (Å²) < 4.78 is 11.9. The number of benzene rings is 2. The van der Waals surface area contributed by atoms with E-state index in [0.29, 0.717) is 11.1 Å². The molecule has 9 heteroatoms. The number of ether oxygens (including phenoxy) is 1. The lowest BCUT2D eigenvalue weighted by molar-refractivity contribution is -0.155. The Morgan fingerprint density at radius 2 is 1.78 bits per heavy atom. The van der Waals surface area contributed by atoms with Gasteiger partial charge in [-0.15, -0.1) is 0 Å². The topological polar surface area (TPSA) is 93.8 Å². The van der Waals surface area contributed by atoms with Gasteiger partial charge in [0.1, 0.15) is 12.1 Å². The van der Waals surface area contributed by atoms with Gasteiger partial charge in [-0.2, -0.15) is 13.5 Å². The summed E-state index contributed by atoms with van der Waals surface area (Å²) in [6.45, 7) is 7.91. The standard InChI is InChI=1S/C27H33N3O5.H2S/c1-27(2,3)35-25(32)18-30-22-15-19(11-12-23(22)34-26(30)33)16-24(31)28-21(17-29-13-7-8-14-29)20-9-5-4-6-10-20;/h4-6,9-12,15,21H,7-8,13-14,16-18H2,1-3H3,(H,28,31);1H2/t21-;/m1./s1. The summed E-state index contributed by atoms with van der Waals surface area (Å²) in [6.07, 6.45) is 2.52. The zero-order chi connectivity index (χ0) is 25.0. The molecule has 1 aromatic heterocycles. The Balaban J connectivity index is 0.00000361. The van der Waals surface area contributed by atoms with Gasteiger partial charge in [0.25, 0.3) is 0 Å². The summed E-state index contributed by atoms with van der Waals surface area (Å²) >= 11 is 0. The molecular formula is C27H35N3O5S. The van der Waals surface area contributed by atoms with Crippen LogP contribution in [0.1, 0.15) is 50.8 Å². The first kappa shape index (κ1) is 27.5. The van der Waals surface area contributed by atoms with Gasteiger partial charge >= 0.3 is 11.7 Å². The molecule has 0 bridgehead atoms. The average Bonchev–Trinajstić information content (AvgIpc) is 3.40. The van der Waals surface area contributed by atoms with E-state index in [1.807, 2.05) is 30.3 Å². The number of carbonyl (C=O) groups excluding carboxylic acids is 2. The highest BCUT2D eigenvalue weighted by Gasteiger charge is 2.22. The van der Waals surface area contributed by atoms with Crippen molar-refractivity contribution in [2.75, 3.05) is 19.6 Å². The lowest BCUT2D eigenvalue weighted by Gasteiger charge is -2.25. The van der Waals surface area contributed by atoms with Gasteiger partial charge < -0.3 is 19.4 Å². The number of nitrogens with zero attached hydrogens (tertiary/aromatic N) is 2. The number of hydrogen-bond acceptors (Lipinski definition) is 6. The van der Waals surface area contributed by atoms with Crippen molar-refractivity contribution in [1.29, 1.82) is 0 Å². The number of esters is 1. The van der Waals surface area contributed by atoms with Gasteiger partial charge in [-0.3, -0.25) is 14.2 Å². The maximum Gasteiger partial charge on any atom is 0.420 e. The van der Waals surface area contributed by atoms with Crippen LogP contribution in [0.15, 0.2) is 57.7 Å². The first-order valence-corrected chi connectivity index (χ1v) is 12.1. The third kappa shape index (κ3) is 7.24. The molecule has 1 N–H and O–H groups in total. The summed E-state index contributed by atoms with van der Waals surface area (Å²) in [6, 6.07) is 15.0. The van der Waals surface area contributed by atoms with Crippen molar-refractivity contribution in [2.45, 2.75) is 58.2 Å². The average molecular weight is 514 g/mol. The van der Waals surface area contributed by atoms with E-state index in [1.54, 1.807) is 39.0 Å². The molecule has 1 atom stereocenters. The van der Waals surface area contributed by atoms with Gasteiger partial charge in [-0.05, 0) is 70.0 Å². The second-order valence-electron chi connectivity index (χ2n) is 10.1. The molecule has 1 saturated heterocycles.